The van der Waals surface area contributed by atoms with Crippen LogP contribution in [0, 0.1) is 6.92 Å². The third kappa shape index (κ3) is 2.67. The molecule has 0 aliphatic carbocycles. The van der Waals surface area contributed by atoms with Crippen molar-refractivity contribution in [2.45, 2.75) is 17.9 Å². The quantitative estimate of drug-likeness (QED) is 0.921. The zero-order valence-corrected chi connectivity index (χ0v) is 14.0. The Kier molecular flexibility index (Phi) is 4.23. The number of anilines is 1. The summed E-state index contributed by atoms with van der Waals surface area (Å²) in [5.74, 6) is 0.463. The van der Waals surface area contributed by atoms with Gasteiger partial charge in [0.05, 0.1) is 17.3 Å². The number of rotatable bonds is 3. The Morgan fingerprint density at radius 3 is 2.70 bits per heavy atom. The molecule has 0 aromatic heterocycles. The zero-order chi connectivity index (χ0) is 16.6. The molecule has 0 saturated heterocycles. The van der Waals surface area contributed by atoms with Gasteiger partial charge in [-0.25, -0.2) is 8.42 Å². The van der Waals surface area contributed by atoms with Gasteiger partial charge in [0.15, 0.2) is 0 Å². The van der Waals surface area contributed by atoms with Crippen LogP contribution in [0.2, 0.25) is 5.02 Å². The van der Waals surface area contributed by atoms with Crippen LogP contribution < -0.4 is 9.04 Å². The SMILES string of the molecule is Cc1cccc(Cl)c1S(=O)(=O)N1c2ccccc2OCC1CO. The maximum Gasteiger partial charge on any atom is 0.266 e. The number of sulfonamides is 1. The molecule has 0 fully saturated rings. The minimum atomic E-state index is -3.94. The Labute approximate surface area is 140 Å². The Balaban J connectivity index is 2.22. The summed E-state index contributed by atoms with van der Waals surface area (Å²) in [6, 6.07) is 11.1. The van der Waals surface area contributed by atoms with E-state index in [4.69, 9.17) is 16.3 Å². The number of benzene rings is 2. The number of ether oxygens (including phenoxy) is 1. The molecule has 1 heterocycles. The molecule has 23 heavy (non-hydrogen) atoms. The Bertz CT molecular complexity index is 817. The monoisotopic (exact) mass is 353 g/mol. The molecule has 0 radical (unpaired) electrons. The second-order valence-electron chi connectivity index (χ2n) is 5.30. The molecule has 0 amide bonds. The van der Waals surface area contributed by atoms with Crippen LogP contribution in [0.15, 0.2) is 47.4 Å². The fourth-order valence-corrected chi connectivity index (χ4v) is 5.14. The molecule has 7 heteroatoms. The van der Waals surface area contributed by atoms with Crippen LogP contribution in [0.25, 0.3) is 0 Å². The third-order valence-electron chi connectivity index (χ3n) is 3.76. The van der Waals surface area contributed by atoms with Crippen molar-refractivity contribution in [3.8, 4) is 5.75 Å². The number of hydrogen-bond acceptors (Lipinski definition) is 4. The lowest BCUT2D eigenvalue weighted by atomic mass is 10.2. The zero-order valence-electron chi connectivity index (χ0n) is 12.4. The van der Waals surface area contributed by atoms with Gasteiger partial charge >= 0.3 is 0 Å². The minimum Gasteiger partial charge on any atom is -0.489 e. The van der Waals surface area contributed by atoms with Crippen molar-refractivity contribution in [1.82, 2.24) is 0 Å². The number of hydrogen-bond donors (Lipinski definition) is 1. The summed E-state index contributed by atoms with van der Waals surface area (Å²) in [5.41, 5.74) is 0.954. The summed E-state index contributed by atoms with van der Waals surface area (Å²) in [5, 5.41) is 9.77. The van der Waals surface area contributed by atoms with Crippen molar-refractivity contribution >= 4 is 27.3 Å². The number of nitrogens with zero attached hydrogens (tertiary/aromatic N) is 1. The Morgan fingerprint density at radius 1 is 1.26 bits per heavy atom. The summed E-state index contributed by atoms with van der Waals surface area (Å²) in [4.78, 5) is 0.0526. The predicted molar refractivity (Wildman–Crippen MR) is 88.7 cm³/mol. The minimum absolute atomic E-state index is 0.0526. The number of aliphatic hydroxyl groups is 1. The lowest BCUT2D eigenvalue weighted by Crippen LogP contribution is -2.48. The van der Waals surface area contributed by atoms with Crippen molar-refractivity contribution in [2.24, 2.45) is 0 Å². The van der Waals surface area contributed by atoms with Crippen LogP contribution in [0.1, 0.15) is 5.56 Å². The first-order chi connectivity index (χ1) is 11.0. The standard InChI is InChI=1S/C16H16ClNO4S/c1-11-5-4-6-13(17)16(11)23(20,21)18-12(9-19)10-22-15-8-3-2-7-14(15)18/h2-8,12,19H,9-10H2,1H3. The van der Waals surface area contributed by atoms with Crippen molar-refractivity contribution in [3.63, 3.8) is 0 Å². The number of fused-ring (bicyclic) bond motifs is 1. The number of aliphatic hydroxyl groups excluding tert-OH is 1. The summed E-state index contributed by atoms with van der Waals surface area (Å²) in [7, 11) is -3.94. The van der Waals surface area contributed by atoms with Crippen LogP contribution in [0.3, 0.4) is 0 Å². The topological polar surface area (TPSA) is 66.8 Å². The fourth-order valence-electron chi connectivity index (χ4n) is 2.71. The van der Waals surface area contributed by atoms with E-state index in [0.717, 1.165) is 0 Å². The molecule has 3 rings (SSSR count). The molecule has 0 spiro atoms. The van der Waals surface area contributed by atoms with Gasteiger partial charge in [-0.1, -0.05) is 35.9 Å². The van der Waals surface area contributed by atoms with Gasteiger partial charge in [0.2, 0.25) is 0 Å². The smallest absolute Gasteiger partial charge is 0.266 e. The maximum absolute atomic E-state index is 13.2. The van der Waals surface area contributed by atoms with Gasteiger partial charge in [-0.15, -0.1) is 0 Å². The Morgan fingerprint density at radius 2 is 2.00 bits per heavy atom. The van der Waals surface area contributed by atoms with E-state index in [1.54, 1.807) is 49.4 Å². The van der Waals surface area contributed by atoms with Crippen molar-refractivity contribution in [1.29, 1.82) is 0 Å². The lowest BCUT2D eigenvalue weighted by molar-refractivity contribution is 0.197. The average molecular weight is 354 g/mol. The van der Waals surface area contributed by atoms with Crippen molar-refractivity contribution in [3.05, 3.63) is 53.1 Å². The molecule has 0 saturated carbocycles. The van der Waals surface area contributed by atoms with E-state index in [9.17, 15) is 13.5 Å². The molecular formula is C16H16ClNO4S. The van der Waals surface area contributed by atoms with Crippen LogP contribution in [0.5, 0.6) is 5.75 Å². The van der Waals surface area contributed by atoms with Gasteiger partial charge in [0.25, 0.3) is 10.0 Å². The van der Waals surface area contributed by atoms with E-state index in [1.807, 2.05) is 0 Å². The van der Waals surface area contributed by atoms with Gasteiger partial charge in [-0.2, -0.15) is 0 Å². The summed E-state index contributed by atoms with van der Waals surface area (Å²) in [6.45, 7) is 1.42. The Hall–Kier alpha value is -1.76. The normalized spacial score (nSPS) is 17.5. The molecule has 1 unspecified atom stereocenters. The highest BCUT2D eigenvalue weighted by atomic mass is 35.5. The van der Waals surface area contributed by atoms with E-state index in [1.165, 1.54) is 4.31 Å². The molecule has 1 aliphatic heterocycles. The molecule has 5 nitrogen and oxygen atoms in total. The highest BCUT2D eigenvalue weighted by Crippen LogP contribution is 2.39. The number of halogens is 1. The predicted octanol–water partition coefficient (Wildman–Crippen LogP) is 2.60. The first kappa shape index (κ1) is 16.1. The summed E-state index contributed by atoms with van der Waals surface area (Å²) < 4.78 is 33.2. The molecule has 2 aromatic carbocycles. The van der Waals surface area contributed by atoms with Gasteiger partial charge in [-0.3, -0.25) is 4.31 Å². The number of aryl methyl sites for hydroxylation is 1. The molecule has 2 aromatic rings. The van der Waals surface area contributed by atoms with Crippen LogP contribution in [0.4, 0.5) is 5.69 Å². The largest absolute Gasteiger partial charge is 0.489 e. The van der Waals surface area contributed by atoms with E-state index in [2.05, 4.69) is 0 Å². The second-order valence-corrected chi connectivity index (χ2v) is 7.46. The van der Waals surface area contributed by atoms with Crippen LogP contribution in [-0.2, 0) is 10.0 Å². The average Bonchev–Trinajstić information content (AvgIpc) is 2.53. The van der Waals surface area contributed by atoms with E-state index >= 15 is 0 Å². The number of para-hydroxylation sites is 2. The molecule has 1 aliphatic rings. The third-order valence-corrected chi connectivity index (χ3v) is 6.25. The van der Waals surface area contributed by atoms with Gasteiger partial charge < -0.3 is 9.84 Å². The van der Waals surface area contributed by atoms with E-state index in [0.29, 0.717) is 17.0 Å². The molecular weight excluding hydrogens is 338 g/mol. The first-order valence-corrected chi connectivity index (χ1v) is 8.91. The van der Waals surface area contributed by atoms with Crippen LogP contribution in [-0.4, -0.2) is 32.8 Å². The molecule has 1 atom stereocenters. The highest BCUT2D eigenvalue weighted by Gasteiger charge is 2.38. The first-order valence-electron chi connectivity index (χ1n) is 7.09. The van der Waals surface area contributed by atoms with Gasteiger partial charge in [0, 0.05) is 0 Å². The second kappa shape index (κ2) is 6.03. The summed E-state index contributed by atoms with van der Waals surface area (Å²) in [6.07, 6.45) is 0. The van der Waals surface area contributed by atoms with Crippen molar-refractivity contribution in [2.75, 3.05) is 17.5 Å². The van der Waals surface area contributed by atoms with Crippen molar-refractivity contribution < 1.29 is 18.3 Å². The fraction of sp³-hybridized carbons (Fsp3) is 0.250. The summed E-state index contributed by atoms with van der Waals surface area (Å²) >= 11 is 6.15. The van der Waals surface area contributed by atoms with Crippen LogP contribution >= 0.6 is 11.6 Å². The van der Waals surface area contributed by atoms with E-state index in [-0.39, 0.29) is 23.1 Å². The van der Waals surface area contributed by atoms with E-state index < -0.39 is 16.1 Å². The molecule has 0 bridgehead atoms. The van der Waals surface area contributed by atoms with Gasteiger partial charge in [-0.05, 0) is 30.7 Å². The molecule has 1 N–H and O–H groups in total. The maximum atomic E-state index is 13.2. The highest BCUT2D eigenvalue weighted by molar-refractivity contribution is 7.93. The molecule has 122 valence electrons. The van der Waals surface area contributed by atoms with Gasteiger partial charge in [0.1, 0.15) is 23.3 Å². The lowest BCUT2D eigenvalue weighted by Gasteiger charge is -2.37.